The highest BCUT2D eigenvalue weighted by atomic mass is 32.2. The fourth-order valence-electron chi connectivity index (χ4n) is 2.64. The second kappa shape index (κ2) is 7.06. The molecule has 6 nitrogen and oxygen atoms in total. The molecule has 0 atom stereocenters. The van der Waals surface area contributed by atoms with Gasteiger partial charge >= 0.3 is 0 Å². The Hall–Kier alpha value is -2.67. The zero-order chi connectivity index (χ0) is 18.0. The molecule has 0 unspecified atom stereocenters. The maximum absolute atomic E-state index is 12.8. The van der Waals surface area contributed by atoms with Crippen LogP contribution in [-0.2, 0) is 5.75 Å². The van der Waals surface area contributed by atoms with Crippen molar-refractivity contribution in [1.82, 2.24) is 9.55 Å². The van der Waals surface area contributed by atoms with Crippen molar-refractivity contribution in [2.75, 3.05) is 0 Å². The summed E-state index contributed by atoms with van der Waals surface area (Å²) in [5, 5.41) is 12.3. The lowest BCUT2D eigenvalue weighted by molar-refractivity contribution is -0.385. The average molecular weight is 355 g/mol. The van der Waals surface area contributed by atoms with E-state index >= 15 is 0 Å². The van der Waals surface area contributed by atoms with Gasteiger partial charge in [-0.15, -0.1) is 0 Å². The van der Waals surface area contributed by atoms with E-state index in [2.05, 4.69) is 4.98 Å². The van der Waals surface area contributed by atoms with Gasteiger partial charge in [0.2, 0.25) is 0 Å². The SMILES string of the molecule is CC(C)n1c(SCc2ccccc2[N+](=O)[O-])nc2ccccc2c1=O. The summed E-state index contributed by atoms with van der Waals surface area (Å²) in [6, 6.07) is 13.8. The summed E-state index contributed by atoms with van der Waals surface area (Å²) in [6.07, 6.45) is 0. The minimum absolute atomic E-state index is 0.0575. The molecular weight excluding hydrogens is 338 g/mol. The van der Waals surface area contributed by atoms with Crippen molar-refractivity contribution in [1.29, 1.82) is 0 Å². The van der Waals surface area contributed by atoms with Gasteiger partial charge in [0.25, 0.3) is 11.2 Å². The molecule has 0 radical (unpaired) electrons. The predicted molar refractivity (Wildman–Crippen MR) is 99.0 cm³/mol. The summed E-state index contributed by atoms with van der Waals surface area (Å²) in [7, 11) is 0. The van der Waals surface area contributed by atoms with Gasteiger partial charge in [-0.1, -0.05) is 42.1 Å². The Kier molecular flexibility index (Phi) is 4.85. The van der Waals surface area contributed by atoms with E-state index in [1.807, 2.05) is 26.0 Å². The third kappa shape index (κ3) is 3.41. The van der Waals surface area contributed by atoms with Crippen LogP contribution >= 0.6 is 11.8 Å². The zero-order valence-electron chi connectivity index (χ0n) is 13.9. The molecule has 25 heavy (non-hydrogen) atoms. The van der Waals surface area contributed by atoms with Crippen molar-refractivity contribution < 1.29 is 4.92 Å². The summed E-state index contributed by atoms with van der Waals surface area (Å²) >= 11 is 1.34. The molecule has 0 amide bonds. The Morgan fingerprint density at radius 1 is 1.16 bits per heavy atom. The largest absolute Gasteiger partial charge is 0.285 e. The maximum Gasteiger partial charge on any atom is 0.273 e. The predicted octanol–water partition coefficient (Wildman–Crippen LogP) is 4.18. The number of hydrogen-bond acceptors (Lipinski definition) is 5. The van der Waals surface area contributed by atoms with Gasteiger partial charge in [-0.3, -0.25) is 19.5 Å². The molecule has 3 aromatic rings. The van der Waals surface area contributed by atoms with Gasteiger partial charge in [0.1, 0.15) is 0 Å². The Morgan fingerprint density at radius 2 is 1.84 bits per heavy atom. The standard InChI is InChI=1S/C18H17N3O3S/c1-12(2)20-17(22)14-8-4-5-9-15(14)19-18(20)25-11-13-7-3-6-10-16(13)21(23)24/h3-10,12H,11H2,1-2H3. The molecule has 128 valence electrons. The van der Waals surface area contributed by atoms with Crippen LogP contribution < -0.4 is 5.56 Å². The van der Waals surface area contributed by atoms with E-state index in [4.69, 9.17) is 0 Å². The van der Waals surface area contributed by atoms with Crippen molar-refractivity contribution in [3.63, 3.8) is 0 Å². The molecule has 0 fully saturated rings. The fourth-order valence-corrected chi connectivity index (χ4v) is 3.76. The third-order valence-corrected chi connectivity index (χ3v) is 4.84. The summed E-state index contributed by atoms with van der Waals surface area (Å²) in [5.74, 6) is 0.370. The fraction of sp³-hybridized carbons (Fsp3) is 0.222. The number of benzene rings is 2. The van der Waals surface area contributed by atoms with Crippen LogP contribution in [0.25, 0.3) is 10.9 Å². The van der Waals surface area contributed by atoms with Crippen LogP contribution in [0.1, 0.15) is 25.5 Å². The van der Waals surface area contributed by atoms with E-state index in [9.17, 15) is 14.9 Å². The molecule has 1 heterocycles. The molecule has 0 saturated carbocycles. The molecule has 0 spiro atoms. The lowest BCUT2D eigenvalue weighted by Gasteiger charge is -2.16. The van der Waals surface area contributed by atoms with Crippen molar-refractivity contribution in [2.45, 2.75) is 30.8 Å². The van der Waals surface area contributed by atoms with Crippen LogP contribution in [0.15, 0.2) is 58.5 Å². The highest BCUT2D eigenvalue weighted by molar-refractivity contribution is 7.98. The molecular formula is C18H17N3O3S. The monoisotopic (exact) mass is 355 g/mol. The Morgan fingerprint density at radius 3 is 2.56 bits per heavy atom. The van der Waals surface area contributed by atoms with Gasteiger partial charge in [-0.05, 0) is 26.0 Å². The molecule has 0 N–H and O–H groups in total. The number of nitro groups is 1. The molecule has 2 aromatic carbocycles. The number of nitro benzene ring substituents is 1. The van der Waals surface area contributed by atoms with Gasteiger partial charge in [0.05, 0.1) is 15.8 Å². The first-order chi connectivity index (χ1) is 12.0. The second-order valence-corrected chi connectivity index (χ2v) is 6.80. The van der Waals surface area contributed by atoms with Crippen LogP contribution in [0.2, 0.25) is 0 Å². The third-order valence-electron chi connectivity index (χ3n) is 3.84. The number of hydrogen-bond donors (Lipinski definition) is 0. The van der Waals surface area contributed by atoms with Crippen LogP contribution in [0, 0.1) is 10.1 Å². The van der Waals surface area contributed by atoms with Gasteiger partial charge in [0, 0.05) is 23.4 Å². The number of aromatic nitrogens is 2. The van der Waals surface area contributed by atoms with Crippen LogP contribution in [0.4, 0.5) is 5.69 Å². The minimum atomic E-state index is -0.390. The summed E-state index contributed by atoms with van der Waals surface area (Å²) < 4.78 is 1.64. The molecule has 0 aliphatic rings. The highest BCUT2D eigenvalue weighted by Gasteiger charge is 2.17. The molecule has 0 aliphatic heterocycles. The Bertz CT molecular complexity index is 998. The number of fused-ring (bicyclic) bond motifs is 1. The van der Waals surface area contributed by atoms with Crippen LogP contribution in [0.3, 0.4) is 0 Å². The van der Waals surface area contributed by atoms with E-state index in [1.165, 1.54) is 17.8 Å². The molecule has 0 bridgehead atoms. The molecule has 1 aromatic heterocycles. The normalized spacial score (nSPS) is 11.2. The smallest absolute Gasteiger partial charge is 0.273 e. The lowest BCUT2D eigenvalue weighted by Crippen LogP contribution is -2.25. The van der Waals surface area contributed by atoms with Gasteiger partial charge in [0.15, 0.2) is 5.16 Å². The van der Waals surface area contributed by atoms with E-state index in [0.29, 0.717) is 27.4 Å². The summed E-state index contributed by atoms with van der Waals surface area (Å²) in [4.78, 5) is 28.2. The quantitative estimate of drug-likeness (QED) is 0.297. The molecule has 7 heteroatoms. The summed E-state index contributed by atoms with van der Waals surface area (Å²) in [5.41, 5.74) is 1.23. The topological polar surface area (TPSA) is 78.0 Å². The molecule has 3 rings (SSSR count). The van der Waals surface area contributed by atoms with Crippen molar-refractivity contribution >= 4 is 28.4 Å². The number of para-hydroxylation sites is 2. The van der Waals surface area contributed by atoms with Gasteiger partial charge in [-0.2, -0.15) is 0 Å². The van der Waals surface area contributed by atoms with E-state index in [-0.39, 0.29) is 22.2 Å². The lowest BCUT2D eigenvalue weighted by atomic mass is 10.2. The number of thioether (sulfide) groups is 1. The number of nitrogens with zero attached hydrogens (tertiary/aromatic N) is 3. The van der Waals surface area contributed by atoms with Crippen molar-refractivity contribution in [3.05, 3.63) is 74.6 Å². The average Bonchev–Trinajstić information content (AvgIpc) is 2.59. The molecule has 0 aliphatic carbocycles. The van der Waals surface area contributed by atoms with E-state index < -0.39 is 0 Å². The Balaban J connectivity index is 2.03. The first-order valence-electron chi connectivity index (χ1n) is 7.85. The van der Waals surface area contributed by atoms with Crippen LogP contribution in [-0.4, -0.2) is 14.5 Å². The van der Waals surface area contributed by atoms with E-state index in [1.54, 1.807) is 34.9 Å². The van der Waals surface area contributed by atoms with Gasteiger partial charge in [-0.25, -0.2) is 4.98 Å². The first-order valence-corrected chi connectivity index (χ1v) is 8.84. The van der Waals surface area contributed by atoms with E-state index in [0.717, 1.165) is 0 Å². The van der Waals surface area contributed by atoms with Gasteiger partial charge < -0.3 is 0 Å². The molecule has 0 saturated heterocycles. The first kappa shape index (κ1) is 17.2. The second-order valence-electron chi connectivity index (χ2n) is 5.85. The van der Waals surface area contributed by atoms with Crippen LogP contribution in [0.5, 0.6) is 0 Å². The highest BCUT2D eigenvalue weighted by Crippen LogP contribution is 2.28. The Labute approximate surface area is 148 Å². The summed E-state index contributed by atoms with van der Waals surface area (Å²) in [6.45, 7) is 3.85. The van der Waals surface area contributed by atoms with Crippen molar-refractivity contribution in [2.24, 2.45) is 0 Å². The van der Waals surface area contributed by atoms with Crippen molar-refractivity contribution in [3.8, 4) is 0 Å². The zero-order valence-corrected chi connectivity index (χ0v) is 14.7. The minimum Gasteiger partial charge on any atom is -0.285 e. The number of rotatable bonds is 5. The maximum atomic E-state index is 12.8.